The number of imidazole rings is 1. The van der Waals surface area contributed by atoms with Crippen molar-refractivity contribution >= 4 is 137 Å². The topological polar surface area (TPSA) is 468 Å². The van der Waals surface area contributed by atoms with E-state index in [-0.39, 0.29) is 107 Å². The molecule has 37 heteroatoms. The quantitative estimate of drug-likeness (QED) is 0.0113. The van der Waals surface area contributed by atoms with Crippen molar-refractivity contribution in [1.82, 2.24) is 14.4 Å². The van der Waals surface area contributed by atoms with Crippen LogP contribution in [0.2, 0.25) is 0 Å². The monoisotopic (exact) mass is 1190 g/mol. The second-order valence-electron chi connectivity index (χ2n) is 15.1. The summed E-state index contributed by atoms with van der Waals surface area (Å²) in [6.07, 6.45) is 0.715. The van der Waals surface area contributed by atoms with Gasteiger partial charge in [-0.25, -0.2) is 20.5 Å². The van der Waals surface area contributed by atoms with Gasteiger partial charge in [-0.2, -0.15) is 30.5 Å². The summed E-state index contributed by atoms with van der Waals surface area (Å²) in [6.45, 7) is -0.166. The summed E-state index contributed by atoms with van der Waals surface area (Å²) >= 11 is 1.52. The first-order valence-corrected chi connectivity index (χ1v) is 27.9. The largest absolute Gasteiger partial charge is 0.505 e. The minimum Gasteiger partial charge on any atom is -0.505 e. The van der Waals surface area contributed by atoms with E-state index < -0.39 is 76.4 Å². The van der Waals surface area contributed by atoms with Crippen molar-refractivity contribution in [2.75, 3.05) is 32.7 Å². The number of thiazole rings is 1. The molecule has 0 aliphatic heterocycles. The minimum absolute atomic E-state index is 0.0146. The molecule has 0 saturated carbocycles. The Labute approximate surface area is 449 Å². The fourth-order valence-corrected chi connectivity index (χ4v) is 10.2. The molecular formula is C41H34N10O21S6. The van der Waals surface area contributed by atoms with Crippen LogP contribution in [0.1, 0.15) is 11.1 Å². The Morgan fingerprint density at radius 2 is 1.32 bits per heavy atom. The molecule has 8 aromatic rings. The third kappa shape index (κ3) is 13.5. The van der Waals surface area contributed by atoms with E-state index in [1.165, 1.54) is 35.6 Å². The van der Waals surface area contributed by atoms with Gasteiger partial charge in [-0.3, -0.25) is 18.1 Å². The lowest BCUT2D eigenvalue weighted by atomic mass is 10.1. The third-order valence-corrected chi connectivity index (χ3v) is 13.8. The summed E-state index contributed by atoms with van der Waals surface area (Å²) in [6, 6.07) is 16.7. The molecular weight excluding hydrogens is 1160 g/mol. The van der Waals surface area contributed by atoms with Gasteiger partial charge in [-0.1, -0.05) is 33.5 Å². The van der Waals surface area contributed by atoms with Crippen molar-refractivity contribution in [3.8, 4) is 29.2 Å². The van der Waals surface area contributed by atoms with Gasteiger partial charge in [0.15, 0.2) is 17.1 Å². The molecule has 0 spiro atoms. The van der Waals surface area contributed by atoms with Crippen LogP contribution >= 0.6 is 35.4 Å². The molecule has 3 heterocycles. The van der Waals surface area contributed by atoms with E-state index in [4.69, 9.17) is 24.5 Å². The van der Waals surface area contributed by atoms with E-state index in [0.29, 0.717) is 29.3 Å². The third-order valence-electron chi connectivity index (χ3n) is 9.97. The van der Waals surface area contributed by atoms with Gasteiger partial charge < -0.3 is 29.9 Å². The predicted molar refractivity (Wildman–Crippen MR) is 272 cm³/mol. The van der Waals surface area contributed by atoms with E-state index in [1.807, 2.05) is 6.07 Å². The van der Waals surface area contributed by atoms with Gasteiger partial charge in [0.25, 0.3) is 30.4 Å². The second-order valence-corrected chi connectivity index (χ2v) is 21.9. The van der Waals surface area contributed by atoms with E-state index in [0.717, 1.165) is 29.5 Å². The van der Waals surface area contributed by atoms with Gasteiger partial charge >= 0.3 is 0 Å². The number of aliphatic hydroxyl groups excluding tert-OH is 2. The molecule has 0 amide bonds. The van der Waals surface area contributed by atoms with Crippen LogP contribution in [0.15, 0.2) is 117 Å². The van der Waals surface area contributed by atoms with Crippen LogP contribution in [0.3, 0.4) is 0 Å². The molecule has 0 bridgehead atoms. The number of phenols is 1. The fraction of sp³-hybridized carbons (Fsp3) is 0.146. The summed E-state index contributed by atoms with van der Waals surface area (Å²) in [5.74, 6) is -1.50. The molecule has 0 aliphatic carbocycles. The average Bonchev–Trinajstić information content (AvgIpc) is 4.01. The molecule has 0 saturated heterocycles. The number of aromatic hydroxyl groups is 2. The molecule has 0 radical (unpaired) electrons. The van der Waals surface area contributed by atoms with E-state index in [2.05, 4.69) is 59.4 Å². The Morgan fingerprint density at radius 1 is 0.731 bits per heavy atom. The number of hydrogen-bond donors (Lipinski definition) is 9. The van der Waals surface area contributed by atoms with Crippen molar-refractivity contribution in [3.05, 3.63) is 77.9 Å². The summed E-state index contributed by atoms with van der Waals surface area (Å²) < 4.78 is 118. The minimum atomic E-state index is -5.11. The molecule has 410 valence electrons. The Bertz CT molecular complexity index is 4110. The van der Waals surface area contributed by atoms with Crippen LogP contribution < -0.4 is 9.47 Å². The highest BCUT2D eigenvalue weighted by Gasteiger charge is 2.26. The first-order chi connectivity index (χ1) is 37.0. The zero-order chi connectivity index (χ0) is 56.7. The highest BCUT2D eigenvalue weighted by Crippen LogP contribution is 2.49. The highest BCUT2D eigenvalue weighted by atomic mass is 32.2. The predicted octanol–water partition coefficient (Wildman–Crippen LogP) is 8.68. The number of rotatable bonds is 20. The van der Waals surface area contributed by atoms with E-state index >= 15 is 0 Å². The zero-order valence-electron chi connectivity index (χ0n) is 39.0. The van der Waals surface area contributed by atoms with Crippen LogP contribution in [-0.4, -0.2) is 117 Å². The number of phenolic OH excluding ortho intramolecular Hbond substituents is 1. The van der Waals surface area contributed by atoms with E-state index in [1.54, 1.807) is 24.3 Å². The van der Waals surface area contributed by atoms with Gasteiger partial charge in [0.05, 0.1) is 64.2 Å². The number of aliphatic hydroxyl groups is 2. The zero-order valence-corrected chi connectivity index (χ0v) is 43.9. The normalized spacial score (nSPS) is 12.4. The lowest BCUT2D eigenvalue weighted by Gasteiger charge is -2.13. The van der Waals surface area contributed by atoms with Crippen LogP contribution in [0.5, 0.6) is 23.1 Å². The van der Waals surface area contributed by atoms with Crippen LogP contribution in [0.4, 0.5) is 33.6 Å². The Hall–Kier alpha value is -7.20. The van der Waals surface area contributed by atoms with E-state index in [9.17, 15) is 60.0 Å². The fourth-order valence-electron chi connectivity index (χ4n) is 6.93. The molecule has 0 unspecified atom stereocenters. The summed E-state index contributed by atoms with van der Waals surface area (Å²) in [5, 5.41) is 102. The second kappa shape index (κ2) is 24.6. The SMILES string of the molecule is CS(=O)(=O)O.Cc1c(N=Nc2cc3c(O)c(N=Nc4cc(OCCO)c(N=Nc5nc6c(S(=O)(=O)O)cc(SOOO)cc6s5)cc4OCCO)c(SOOO)cc3cc2S(=O)(=O)O)c(O)n2c(nc3ccccc32)c1C#N. The maximum absolute atomic E-state index is 12.8. The van der Waals surface area contributed by atoms with Crippen molar-refractivity contribution in [3.63, 3.8) is 0 Å². The van der Waals surface area contributed by atoms with Crippen LogP contribution in [0, 0.1) is 18.3 Å². The number of azo groups is 3. The van der Waals surface area contributed by atoms with Crippen molar-refractivity contribution in [2.24, 2.45) is 30.7 Å². The number of ether oxygens (including phenoxy) is 2. The average molecular weight is 1200 g/mol. The molecule has 31 nitrogen and oxygen atoms in total. The van der Waals surface area contributed by atoms with Crippen molar-refractivity contribution < 1.29 is 98.1 Å². The van der Waals surface area contributed by atoms with Crippen molar-refractivity contribution in [1.29, 1.82) is 5.26 Å². The first kappa shape index (κ1) is 58.5. The number of fused-ring (bicyclic) bond motifs is 5. The van der Waals surface area contributed by atoms with Gasteiger partial charge in [-0.05, 0) is 54.8 Å². The number of nitrogens with zero attached hydrogens (tertiary/aromatic N) is 10. The summed E-state index contributed by atoms with van der Waals surface area (Å²) in [4.78, 5) is 7.06. The van der Waals surface area contributed by atoms with Crippen molar-refractivity contribution in [2.45, 2.75) is 26.5 Å². The molecule has 9 N–H and O–H groups in total. The highest BCUT2D eigenvalue weighted by molar-refractivity contribution is 7.95. The summed E-state index contributed by atoms with van der Waals surface area (Å²) in [5.41, 5.74) is -0.625. The lowest BCUT2D eigenvalue weighted by Crippen LogP contribution is -2.04. The van der Waals surface area contributed by atoms with Crippen LogP contribution in [-0.2, 0) is 49.1 Å². The molecule has 0 aliphatic rings. The van der Waals surface area contributed by atoms with Gasteiger partial charge in [0.1, 0.15) is 74.4 Å². The number of para-hydroxylation sites is 2. The van der Waals surface area contributed by atoms with Gasteiger partial charge in [0.2, 0.25) is 11.0 Å². The molecule has 78 heavy (non-hydrogen) atoms. The smallest absolute Gasteiger partial charge is 0.296 e. The standard InChI is InChI=1S/C40H30N10O18S5.CH4O3S/c1-18-22(17-41)38-42-23-4-2-3-5-27(23)50(38)39(54)34(18)47-46-26-14-21-19(11-32(26)72(57,58)59)10-31(71-68-66-56)36(37(21)53)48-44-24-15-29(64-9-7-52)25(16-28(24)63-8-6-51)45-49-40-43-35-30(69-40)12-20(70-67-65-55)13-33(35)73(60,61)62;1-5(2,3)4/h2-5,10-16,51-56H,6-9H2,1H3,(H,57,58,59)(H,60,61,62);1H3,(H,2,3,4). The molecule has 5 aromatic carbocycles. The number of pyridine rings is 1. The molecule has 8 rings (SSSR count). The Balaban J connectivity index is 0.00000169. The first-order valence-electron chi connectivity index (χ1n) is 20.9. The number of benzene rings is 5. The maximum Gasteiger partial charge on any atom is 0.296 e. The number of aromatic nitrogens is 3. The molecule has 0 atom stereocenters. The van der Waals surface area contributed by atoms with Gasteiger partial charge in [-0.15, -0.1) is 39.4 Å². The lowest BCUT2D eigenvalue weighted by molar-refractivity contribution is -0.432. The maximum atomic E-state index is 12.8. The van der Waals surface area contributed by atoms with Crippen LogP contribution in [0.25, 0.3) is 37.7 Å². The Morgan fingerprint density at radius 3 is 1.92 bits per heavy atom. The number of hydrogen-bond acceptors (Lipinski definition) is 30. The number of nitriles is 1. The Kier molecular flexibility index (Phi) is 18.5. The molecule has 0 fully saturated rings. The molecule has 3 aromatic heterocycles. The van der Waals surface area contributed by atoms with Gasteiger partial charge in [0, 0.05) is 28.0 Å². The summed E-state index contributed by atoms with van der Waals surface area (Å²) in [7, 11) is -13.6.